The molecule has 0 heterocycles. The summed E-state index contributed by atoms with van der Waals surface area (Å²) >= 11 is 0. The van der Waals surface area contributed by atoms with Crippen LogP contribution < -0.4 is 0 Å². The fourth-order valence-electron chi connectivity index (χ4n) is 6.12. The van der Waals surface area contributed by atoms with Gasteiger partial charge < -0.3 is 28.8 Å². The van der Waals surface area contributed by atoms with Gasteiger partial charge in [-0.15, -0.1) is 0 Å². The molecule has 0 radical (unpaired) electrons. The van der Waals surface area contributed by atoms with Crippen molar-refractivity contribution in [3.63, 3.8) is 0 Å². The van der Waals surface area contributed by atoms with Crippen molar-refractivity contribution in [2.24, 2.45) is 0 Å². The van der Waals surface area contributed by atoms with Crippen molar-refractivity contribution >= 4 is 76.1 Å². The fraction of sp³-hybridized carbons (Fsp3) is 1.00. The van der Waals surface area contributed by atoms with Gasteiger partial charge in [-0.3, -0.25) is 0 Å². The Morgan fingerprint density at radius 2 is 0.651 bits per heavy atom. The van der Waals surface area contributed by atoms with E-state index in [-0.39, 0.29) is 0 Å². The van der Waals surface area contributed by atoms with Crippen LogP contribution >= 0.6 is 0 Å². The van der Waals surface area contributed by atoms with E-state index in [1.807, 2.05) is 0 Å². The fourth-order valence-corrected chi connectivity index (χ4v) is 52.7. The van der Waals surface area contributed by atoms with Gasteiger partial charge in [0.05, 0.1) is 0 Å². The zero-order chi connectivity index (χ0) is 34.4. The van der Waals surface area contributed by atoms with E-state index in [2.05, 4.69) is 132 Å². The van der Waals surface area contributed by atoms with E-state index in [1.54, 1.807) is 0 Å². The summed E-state index contributed by atoms with van der Waals surface area (Å²) in [6.45, 7) is 45.0. The number of hydrogen-bond donors (Lipinski definition) is 0. The van der Waals surface area contributed by atoms with Gasteiger partial charge in [0, 0.05) is 5.67 Å². The lowest BCUT2D eigenvalue weighted by atomic mass is 10.4. The molecule has 0 atom stereocenters. The van der Waals surface area contributed by atoms with Crippen molar-refractivity contribution in [2.75, 3.05) is 0 Å². The Labute approximate surface area is 278 Å². The van der Waals surface area contributed by atoms with E-state index in [9.17, 15) is 0 Å². The molecule has 0 amide bonds. The summed E-state index contributed by atoms with van der Waals surface area (Å²) in [5.74, 6) is 0. The molecule has 16 heteroatoms. The molecule has 0 rings (SSSR count). The van der Waals surface area contributed by atoms with Gasteiger partial charge in [0.25, 0.3) is 0 Å². The quantitative estimate of drug-likeness (QED) is 0.102. The highest BCUT2D eigenvalue weighted by atomic mass is 28.6. The summed E-state index contributed by atoms with van der Waals surface area (Å²) in [6.07, 6.45) is 4.70. The molecular formula is C27H74O7Si9. The molecule has 0 aliphatic rings. The Hall–Kier alpha value is 1.67. The smallest absolute Gasteiger partial charge is 0.456 e. The van der Waals surface area contributed by atoms with Crippen molar-refractivity contribution in [3.05, 3.63) is 0 Å². The third kappa shape index (κ3) is 21.3. The summed E-state index contributed by atoms with van der Waals surface area (Å²) < 4.78 is 50.1. The van der Waals surface area contributed by atoms with Crippen molar-refractivity contribution in [2.45, 2.75) is 175 Å². The van der Waals surface area contributed by atoms with Gasteiger partial charge in [0.1, 0.15) is 0 Å². The Kier molecular flexibility index (Phi) is 17.0. The molecular weight excluding hydrogens is 689 g/mol. The number of hydrogen-bond acceptors (Lipinski definition) is 7. The van der Waals surface area contributed by atoms with Crippen molar-refractivity contribution in [1.82, 2.24) is 0 Å². The summed E-state index contributed by atoms with van der Waals surface area (Å²) in [5, 5.41) is 0. The Balaban J connectivity index is 7.08. The van der Waals surface area contributed by atoms with Crippen LogP contribution in [0.3, 0.4) is 0 Å². The molecule has 0 N–H and O–H groups in total. The van der Waals surface area contributed by atoms with Crippen molar-refractivity contribution in [3.8, 4) is 0 Å². The molecule has 0 bridgehead atoms. The first-order valence-electron chi connectivity index (χ1n) is 16.7. The van der Waals surface area contributed by atoms with Crippen LogP contribution in [-0.2, 0) is 28.8 Å². The first-order chi connectivity index (χ1) is 18.8. The topological polar surface area (TPSA) is 64.6 Å². The molecule has 0 saturated carbocycles. The third-order valence-electron chi connectivity index (χ3n) is 6.29. The van der Waals surface area contributed by atoms with E-state index in [4.69, 9.17) is 28.8 Å². The van der Waals surface area contributed by atoms with Gasteiger partial charge in [-0.1, -0.05) is 39.5 Å². The van der Waals surface area contributed by atoms with E-state index >= 15 is 0 Å². The first kappa shape index (κ1) is 44.7. The minimum Gasteiger partial charge on any atom is -0.456 e. The highest BCUT2D eigenvalue weighted by molar-refractivity contribution is 6.99. The third-order valence-corrected chi connectivity index (χ3v) is 41.6. The SMILES string of the molecule is CCCC[Si](C)(C)O[Si](C)(C)O[Si](C[Si](C)(C)O[Si](C)(C)C)(O[Si](C)(C)O[Si](C)(C)C)O[Si](C)(C)O[Si](C)(C)CCCC. The summed E-state index contributed by atoms with van der Waals surface area (Å²) in [7, 11) is -21.5. The molecule has 0 fully saturated rings. The van der Waals surface area contributed by atoms with Crippen molar-refractivity contribution in [1.29, 1.82) is 0 Å². The van der Waals surface area contributed by atoms with E-state index < -0.39 is 76.1 Å². The molecule has 7 nitrogen and oxygen atoms in total. The van der Waals surface area contributed by atoms with Crippen molar-refractivity contribution < 1.29 is 28.8 Å². The number of rotatable bonds is 22. The lowest BCUT2D eigenvalue weighted by Gasteiger charge is -2.49. The summed E-state index contributed by atoms with van der Waals surface area (Å²) in [4.78, 5) is 0. The molecule has 0 saturated heterocycles. The van der Waals surface area contributed by atoms with Gasteiger partial charge in [0.15, 0.2) is 41.6 Å². The summed E-state index contributed by atoms with van der Waals surface area (Å²) in [5.41, 5.74) is 0.670. The second-order valence-corrected chi connectivity index (χ2v) is 54.4. The van der Waals surface area contributed by atoms with Crippen LogP contribution in [0.4, 0.5) is 0 Å². The van der Waals surface area contributed by atoms with E-state index in [0.29, 0.717) is 5.67 Å². The zero-order valence-corrected chi connectivity index (χ0v) is 41.3. The largest absolute Gasteiger partial charge is 0.473 e. The summed E-state index contributed by atoms with van der Waals surface area (Å²) in [6, 6.07) is 2.25. The second kappa shape index (κ2) is 16.4. The molecule has 0 unspecified atom stereocenters. The van der Waals surface area contributed by atoms with Crippen LogP contribution in [0.15, 0.2) is 0 Å². The van der Waals surface area contributed by atoms with Gasteiger partial charge in [-0.2, -0.15) is 0 Å². The van der Waals surface area contributed by atoms with Gasteiger partial charge >= 0.3 is 34.5 Å². The Morgan fingerprint density at radius 1 is 0.349 bits per heavy atom. The van der Waals surface area contributed by atoms with E-state index in [1.165, 1.54) is 25.7 Å². The zero-order valence-electron chi connectivity index (χ0n) is 32.3. The minimum absolute atomic E-state index is 0.670. The van der Waals surface area contributed by atoms with Crippen LogP contribution in [0.2, 0.25) is 136 Å². The Bertz CT molecular complexity index is 772. The predicted molar refractivity (Wildman–Crippen MR) is 209 cm³/mol. The van der Waals surface area contributed by atoms with E-state index in [0.717, 1.165) is 12.1 Å². The van der Waals surface area contributed by atoms with Crippen LogP contribution in [0.5, 0.6) is 0 Å². The molecule has 0 aliphatic heterocycles. The monoisotopic (exact) mass is 762 g/mol. The highest BCUT2D eigenvalue weighted by Gasteiger charge is 2.59. The molecule has 0 aromatic carbocycles. The highest BCUT2D eigenvalue weighted by Crippen LogP contribution is 2.37. The maximum Gasteiger partial charge on any atom is 0.473 e. The molecule has 260 valence electrons. The maximum atomic E-state index is 7.43. The first-order valence-corrected chi connectivity index (χ1v) is 43.2. The van der Waals surface area contributed by atoms with Gasteiger partial charge in [-0.25, -0.2) is 0 Å². The van der Waals surface area contributed by atoms with Gasteiger partial charge in [0.2, 0.25) is 0 Å². The van der Waals surface area contributed by atoms with Crippen LogP contribution in [0.25, 0.3) is 0 Å². The predicted octanol–water partition coefficient (Wildman–Crippen LogP) is 10.6. The average molecular weight is 764 g/mol. The standard InChI is InChI=1S/C27H74O7Si9/c1-21-23-25-37(9,10)30-41(17,18)33-43(27-39(13,14)28-35(3,4)5,32-40(15,16)29-36(6,7)8)34-42(19,20)31-38(11,12)26-24-22-2/h21-27H2,1-20H3. The Morgan fingerprint density at radius 3 is 0.930 bits per heavy atom. The molecule has 43 heavy (non-hydrogen) atoms. The minimum atomic E-state index is -3.46. The number of unbranched alkanes of at least 4 members (excludes halogenated alkanes) is 2. The van der Waals surface area contributed by atoms with Gasteiger partial charge in [-0.05, 0) is 130 Å². The second-order valence-electron chi connectivity index (χ2n) is 17.5. The van der Waals surface area contributed by atoms with Crippen LogP contribution in [0, 0.1) is 0 Å². The average Bonchev–Trinajstić information content (AvgIpc) is 2.62. The molecule has 0 aromatic rings. The molecule has 0 aliphatic carbocycles. The normalized spacial score (nSPS) is 15.3. The molecule has 0 spiro atoms. The van der Waals surface area contributed by atoms with Crippen LogP contribution in [0.1, 0.15) is 39.5 Å². The lowest BCUT2D eigenvalue weighted by Crippen LogP contribution is -2.68. The molecule has 0 aromatic heterocycles. The van der Waals surface area contributed by atoms with Crippen LogP contribution in [-0.4, -0.2) is 76.1 Å². The maximum absolute atomic E-state index is 7.43. The lowest BCUT2D eigenvalue weighted by molar-refractivity contribution is 0.195.